The van der Waals surface area contributed by atoms with Crippen molar-refractivity contribution in [2.24, 2.45) is 5.92 Å². The van der Waals surface area contributed by atoms with Crippen molar-refractivity contribution in [1.29, 1.82) is 0 Å². The number of rotatable bonds is 10. The maximum Gasteiger partial charge on any atom is 0.264 e. The van der Waals surface area contributed by atoms with Gasteiger partial charge in [0.05, 0.1) is 34.1 Å². The first-order valence-electron chi connectivity index (χ1n) is 14.6. The van der Waals surface area contributed by atoms with Gasteiger partial charge < -0.3 is 29.5 Å². The van der Waals surface area contributed by atoms with Crippen molar-refractivity contribution >= 4 is 36.4 Å². The first-order valence-corrected chi connectivity index (χ1v) is 17.7. The molecule has 2 amide bonds. The van der Waals surface area contributed by atoms with Crippen LogP contribution in [0.2, 0.25) is 18.6 Å². The monoisotopic (exact) mass is 600 g/mol. The molecule has 2 heterocycles. The Morgan fingerprint density at radius 1 is 1.07 bits per heavy atom. The minimum atomic E-state index is -2.28. The smallest absolute Gasteiger partial charge is 0.264 e. The van der Waals surface area contributed by atoms with Crippen molar-refractivity contribution < 1.29 is 28.9 Å². The van der Waals surface area contributed by atoms with Gasteiger partial charge >= 0.3 is 0 Å². The standard InChI is InChI=1S/C34H40N2O6Si/c1-7-19-36-29-17-10-24(35-32(38)23-8-11-25(40-3)12-9-23)21-28(29)34(33(36)39)22(2)31(30(42-34)18-20-37)43(5,6)27-15-13-26(41-4)14-16-27/h7-17,21-22,30-31,37H,1,18-20H2,2-6H3,(H,35,38)/t22-,30+,31-,34+/m1/s1. The number of benzene rings is 3. The van der Waals surface area contributed by atoms with Crippen molar-refractivity contribution in [3.63, 3.8) is 0 Å². The van der Waals surface area contributed by atoms with Crippen molar-refractivity contribution in [1.82, 2.24) is 0 Å². The third kappa shape index (κ3) is 5.15. The molecule has 8 nitrogen and oxygen atoms in total. The molecule has 1 saturated heterocycles. The van der Waals surface area contributed by atoms with E-state index in [1.165, 1.54) is 5.19 Å². The summed E-state index contributed by atoms with van der Waals surface area (Å²) in [5.74, 6) is 0.836. The van der Waals surface area contributed by atoms with Crippen LogP contribution in [0.4, 0.5) is 11.4 Å². The Morgan fingerprint density at radius 2 is 1.70 bits per heavy atom. The molecule has 226 valence electrons. The summed E-state index contributed by atoms with van der Waals surface area (Å²) in [4.78, 5) is 29.3. The van der Waals surface area contributed by atoms with Crippen LogP contribution >= 0.6 is 0 Å². The van der Waals surface area contributed by atoms with Gasteiger partial charge in [0.1, 0.15) is 11.5 Å². The highest BCUT2D eigenvalue weighted by molar-refractivity contribution is 6.91. The Morgan fingerprint density at radius 3 is 2.28 bits per heavy atom. The molecule has 4 atom stereocenters. The van der Waals surface area contributed by atoms with Crippen LogP contribution < -0.4 is 24.9 Å². The second kappa shape index (κ2) is 12.0. The van der Waals surface area contributed by atoms with E-state index in [2.05, 4.69) is 44.0 Å². The molecular formula is C34H40N2O6Si. The summed E-state index contributed by atoms with van der Waals surface area (Å²) in [6, 6.07) is 20.6. The van der Waals surface area contributed by atoms with Crippen LogP contribution in [-0.2, 0) is 15.1 Å². The van der Waals surface area contributed by atoms with Gasteiger partial charge in [-0.25, -0.2) is 0 Å². The summed E-state index contributed by atoms with van der Waals surface area (Å²) in [5, 5.41) is 14.3. The molecule has 2 aliphatic rings. The maximum atomic E-state index is 14.4. The molecule has 0 bridgehead atoms. The lowest BCUT2D eigenvalue weighted by Crippen LogP contribution is -2.51. The molecule has 3 aromatic carbocycles. The third-order valence-corrected chi connectivity index (χ3v) is 13.5. The largest absolute Gasteiger partial charge is 0.497 e. The highest BCUT2D eigenvalue weighted by atomic mass is 28.3. The molecule has 0 aromatic heterocycles. The first kappa shape index (κ1) is 30.5. The molecule has 3 aromatic rings. The number of methoxy groups -OCH3 is 2. The van der Waals surface area contributed by atoms with E-state index in [-0.39, 0.29) is 36.0 Å². The van der Waals surface area contributed by atoms with E-state index in [0.29, 0.717) is 30.0 Å². The van der Waals surface area contributed by atoms with Crippen LogP contribution in [0.5, 0.6) is 11.5 Å². The number of aliphatic hydroxyl groups excluding tert-OH is 1. The fraction of sp³-hybridized carbons (Fsp3) is 0.353. The van der Waals surface area contributed by atoms with E-state index in [0.717, 1.165) is 17.0 Å². The lowest BCUT2D eigenvalue weighted by molar-refractivity contribution is -0.146. The zero-order valence-corrected chi connectivity index (χ0v) is 26.4. The van der Waals surface area contributed by atoms with E-state index < -0.39 is 13.7 Å². The zero-order valence-electron chi connectivity index (χ0n) is 25.4. The molecule has 1 fully saturated rings. The van der Waals surface area contributed by atoms with Gasteiger partial charge in [-0.3, -0.25) is 9.59 Å². The molecule has 9 heteroatoms. The van der Waals surface area contributed by atoms with Crippen molar-refractivity contribution in [3.8, 4) is 11.5 Å². The summed E-state index contributed by atoms with van der Waals surface area (Å²) in [5.41, 5.74) is 1.28. The van der Waals surface area contributed by atoms with Crippen molar-refractivity contribution in [2.75, 3.05) is 37.6 Å². The maximum absolute atomic E-state index is 14.4. The Labute approximate surface area is 254 Å². The average Bonchev–Trinajstić information content (AvgIpc) is 3.44. The summed E-state index contributed by atoms with van der Waals surface area (Å²) < 4.78 is 17.5. The fourth-order valence-corrected chi connectivity index (χ4v) is 11.1. The summed E-state index contributed by atoms with van der Waals surface area (Å²) in [7, 11) is 0.944. The minimum absolute atomic E-state index is 0.0195. The second-order valence-corrected chi connectivity index (χ2v) is 16.5. The Bertz CT molecular complexity index is 1510. The van der Waals surface area contributed by atoms with Gasteiger partial charge in [-0.05, 0) is 66.6 Å². The Balaban J connectivity index is 1.56. The van der Waals surface area contributed by atoms with Gasteiger partial charge in [-0.1, -0.05) is 43.4 Å². The molecule has 0 unspecified atom stereocenters. The zero-order chi connectivity index (χ0) is 30.9. The van der Waals surface area contributed by atoms with Crippen LogP contribution in [0.15, 0.2) is 79.4 Å². The number of hydrogen-bond acceptors (Lipinski definition) is 6. The van der Waals surface area contributed by atoms with Crippen LogP contribution in [0.1, 0.15) is 29.3 Å². The number of hydrogen-bond donors (Lipinski definition) is 2. The number of ether oxygens (including phenoxy) is 3. The predicted molar refractivity (Wildman–Crippen MR) is 171 cm³/mol. The number of carbonyl (C=O) groups is 2. The molecule has 1 spiro atoms. The quantitative estimate of drug-likeness (QED) is 0.249. The number of aliphatic hydroxyl groups is 1. The van der Waals surface area contributed by atoms with E-state index in [4.69, 9.17) is 14.2 Å². The Kier molecular flexibility index (Phi) is 8.51. The number of fused-ring (bicyclic) bond motifs is 2. The van der Waals surface area contributed by atoms with Crippen LogP contribution in [-0.4, -0.2) is 58.5 Å². The Hall–Kier alpha value is -3.92. The van der Waals surface area contributed by atoms with Crippen molar-refractivity contribution in [3.05, 3.63) is 90.5 Å². The fourth-order valence-electron chi connectivity index (χ4n) is 7.04. The van der Waals surface area contributed by atoms with E-state index >= 15 is 0 Å². The predicted octanol–water partition coefficient (Wildman–Crippen LogP) is 5.09. The second-order valence-electron chi connectivity index (χ2n) is 11.8. The molecule has 2 N–H and O–H groups in total. The molecule has 43 heavy (non-hydrogen) atoms. The van der Waals surface area contributed by atoms with Gasteiger partial charge in [0.15, 0.2) is 5.60 Å². The van der Waals surface area contributed by atoms with Gasteiger partial charge in [0.25, 0.3) is 11.8 Å². The van der Waals surface area contributed by atoms with Gasteiger partial charge in [0, 0.05) is 35.9 Å². The average molecular weight is 601 g/mol. The van der Waals surface area contributed by atoms with E-state index in [1.54, 1.807) is 55.5 Å². The van der Waals surface area contributed by atoms with E-state index in [9.17, 15) is 14.7 Å². The molecular weight excluding hydrogens is 560 g/mol. The van der Waals surface area contributed by atoms with Gasteiger partial charge in [-0.15, -0.1) is 6.58 Å². The lowest BCUT2D eigenvalue weighted by Gasteiger charge is -2.37. The normalized spacial score (nSPS) is 22.9. The van der Waals surface area contributed by atoms with Crippen LogP contribution in [0.3, 0.4) is 0 Å². The molecule has 2 aliphatic heterocycles. The lowest BCUT2D eigenvalue weighted by atomic mass is 9.82. The number of amides is 2. The highest BCUT2D eigenvalue weighted by Gasteiger charge is 2.66. The molecule has 0 radical (unpaired) electrons. The molecule has 5 rings (SSSR count). The third-order valence-electron chi connectivity index (χ3n) is 9.17. The topological polar surface area (TPSA) is 97.3 Å². The van der Waals surface area contributed by atoms with Gasteiger partial charge in [-0.2, -0.15) is 0 Å². The van der Waals surface area contributed by atoms with E-state index in [1.807, 2.05) is 24.3 Å². The van der Waals surface area contributed by atoms with Gasteiger partial charge in [0.2, 0.25) is 0 Å². The molecule has 0 aliphatic carbocycles. The summed E-state index contributed by atoms with van der Waals surface area (Å²) >= 11 is 0. The number of nitrogens with one attached hydrogen (secondary N) is 1. The number of anilines is 2. The number of nitrogens with zero attached hydrogens (tertiary/aromatic N) is 1. The van der Waals surface area contributed by atoms with Crippen LogP contribution in [0, 0.1) is 5.92 Å². The highest BCUT2D eigenvalue weighted by Crippen LogP contribution is 2.60. The van der Waals surface area contributed by atoms with Crippen molar-refractivity contribution in [2.45, 2.75) is 43.7 Å². The number of carbonyl (C=O) groups excluding carboxylic acids is 2. The summed E-state index contributed by atoms with van der Waals surface area (Å²) in [6.45, 7) is 10.9. The molecule has 0 saturated carbocycles. The summed E-state index contributed by atoms with van der Waals surface area (Å²) in [6.07, 6.45) is 1.79. The van der Waals surface area contributed by atoms with Crippen LogP contribution in [0.25, 0.3) is 0 Å². The minimum Gasteiger partial charge on any atom is -0.497 e. The SMILES string of the molecule is C=CCN1C(=O)[C@@]2(O[C@@H](CCO)[C@H]([Si](C)(C)c3ccc(OC)cc3)[C@H]2C)c2cc(NC(=O)c3ccc(OC)cc3)ccc21. The first-order chi connectivity index (χ1) is 20.6.